The molecule has 20 heavy (non-hydrogen) atoms. The molecule has 6 nitrogen and oxygen atoms in total. The summed E-state index contributed by atoms with van der Waals surface area (Å²) < 4.78 is 1.48. The van der Waals surface area contributed by atoms with E-state index in [0.717, 1.165) is 11.3 Å². The smallest absolute Gasteiger partial charge is 0.356 e. The van der Waals surface area contributed by atoms with E-state index in [1.807, 2.05) is 36.4 Å². The zero-order valence-corrected chi connectivity index (χ0v) is 10.7. The van der Waals surface area contributed by atoms with E-state index >= 15 is 0 Å². The van der Waals surface area contributed by atoms with Crippen molar-refractivity contribution in [3.63, 3.8) is 0 Å². The molecule has 1 aromatic carbocycles. The first-order valence-electron chi connectivity index (χ1n) is 6.06. The van der Waals surface area contributed by atoms with E-state index in [4.69, 9.17) is 5.11 Å². The second kappa shape index (κ2) is 4.65. The number of benzene rings is 1. The van der Waals surface area contributed by atoms with Crippen LogP contribution in [0, 0.1) is 0 Å². The normalized spacial score (nSPS) is 10.7. The number of fused-ring (bicyclic) bond motifs is 1. The number of nitrogens with one attached hydrogen (secondary N) is 1. The molecule has 0 fully saturated rings. The summed E-state index contributed by atoms with van der Waals surface area (Å²) in [6.07, 6.45) is 0. The molecule has 0 aliphatic rings. The second-order valence-corrected chi connectivity index (χ2v) is 4.25. The van der Waals surface area contributed by atoms with Crippen molar-refractivity contribution >= 4 is 17.4 Å². The summed E-state index contributed by atoms with van der Waals surface area (Å²) >= 11 is 0. The van der Waals surface area contributed by atoms with Gasteiger partial charge in [-0.25, -0.2) is 9.78 Å². The third kappa shape index (κ3) is 1.97. The van der Waals surface area contributed by atoms with Gasteiger partial charge in [0.1, 0.15) is 5.82 Å². The van der Waals surface area contributed by atoms with Crippen molar-refractivity contribution in [1.82, 2.24) is 14.6 Å². The van der Waals surface area contributed by atoms with E-state index in [9.17, 15) is 4.79 Å². The summed E-state index contributed by atoms with van der Waals surface area (Å²) in [5.74, 6) is -0.389. The van der Waals surface area contributed by atoms with Crippen LogP contribution >= 0.6 is 0 Å². The highest BCUT2D eigenvalue weighted by Crippen LogP contribution is 2.22. The fraction of sp³-hybridized carbons (Fsp3) is 0.0714. The molecule has 0 aliphatic heterocycles. The molecule has 3 rings (SSSR count). The summed E-state index contributed by atoms with van der Waals surface area (Å²) in [6, 6.07) is 13.0. The van der Waals surface area contributed by atoms with Crippen LogP contribution in [0.4, 0.5) is 5.82 Å². The number of carbonyl (C=O) groups is 1. The predicted molar refractivity (Wildman–Crippen MR) is 74.9 cm³/mol. The van der Waals surface area contributed by atoms with Gasteiger partial charge in [0.2, 0.25) is 0 Å². The van der Waals surface area contributed by atoms with Crippen LogP contribution in [0.15, 0.2) is 42.5 Å². The molecule has 6 heteroatoms. The number of nitrogens with zero attached hydrogens (tertiary/aromatic N) is 3. The van der Waals surface area contributed by atoms with Gasteiger partial charge in [0.15, 0.2) is 11.3 Å². The van der Waals surface area contributed by atoms with Gasteiger partial charge in [-0.2, -0.15) is 9.61 Å². The van der Waals surface area contributed by atoms with E-state index < -0.39 is 5.97 Å². The molecule has 0 saturated heterocycles. The Morgan fingerprint density at radius 3 is 2.65 bits per heavy atom. The number of hydrogen-bond acceptors (Lipinski definition) is 4. The Morgan fingerprint density at radius 2 is 2.00 bits per heavy atom. The number of carboxylic acid groups (broad SMARTS) is 1. The van der Waals surface area contributed by atoms with Gasteiger partial charge in [0.05, 0.1) is 5.69 Å². The highest BCUT2D eigenvalue weighted by atomic mass is 16.4. The molecule has 3 aromatic rings. The van der Waals surface area contributed by atoms with Gasteiger partial charge in [-0.1, -0.05) is 30.3 Å². The molecule has 2 N–H and O–H groups in total. The van der Waals surface area contributed by atoms with Crippen LogP contribution in [-0.2, 0) is 0 Å². The molecule has 0 radical (unpaired) electrons. The van der Waals surface area contributed by atoms with E-state index in [-0.39, 0.29) is 5.69 Å². The molecule has 0 saturated carbocycles. The summed E-state index contributed by atoms with van der Waals surface area (Å²) in [7, 11) is 1.76. The molecule has 100 valence electrons. The first-order chi connectivity index (χ1) is 9.69. The Kier molecular flexibility index (Phi) is 2.83. The third-order valence-electron chi connectivity index (χ3n) is 2.97. The van der Waals surface area contributed by atoms with E-state index in [1.165, 1.54) is 10.6 Å². The van der Waals surface area contributed by atoms with Crippen molar-refractivity contribution < 1.29 is 9.90 Å². The van der Waals surface area contributed by atoms with E-state index in [0.29, 0.717) is 11.5 Å². The highest BCUT2D eigenvalue weighted by Gasteiger charge is 2.13. The van der Waals surface area contributed by atoms with Gasteiger partial charge in [-0.3, -0.25) is 0 Å². The Balaban J connectivity index is 2.24. The molecular weight excluding hydrogens is 256 g/mol. The number of aromatic nitrogens is 3. The number of hydrogen-bond donors (Lipinski definition) is 2. The van der Waals surface area contributed by atoms with Crippen molar-refractivity contribution in [3.8, 4) is 11.3 Å². The topological polar surface area (TPSA) is 79.5 Å². The van der Waals surface area contributed by atoms with Crippen LogP contribution in [0.5, 0.6) is 0 Å². The van der Waals surface area contributed by atoms with E-state index in [1.54, 1.807) is 7.05 Å². The van der Waals surface area contributed by atoms with Crippen molar-refractivity contribution in [2.45, 2.75) is 0 Å². The van der Waals surface area contributed by atoms with Crippen LogP contribution in [-0.4, -0.2) is 32.7 Å². The van der Waals surface area contributed by atoms with Gasteiger partial charge in [-0.05, 0) is 0 Å². The van der Waals surface area contributed by atoms with Crippen molar-refractivity contribution in [2.24, 2.45) is 0 Å². The number of rotatable bonds is 3. The molecule has 0 amide bonds. The fourth-order valence-corrected chi connectivity index (χ4v) is 2.01. The first kappa shape index (κ1) is 12.2. The molecular formula is C14H12N4O2. The SMILES string of the molecule is CNc1cc(-c2ccccc2)nc2cc(C(=O)O)nn12. The maximum Gasteiger partial charge on any atom is 0.356 e. The summed E-state index contributed by atoms with van der Waals surface area (Å²) in [6.45, 7) is 0. The zero-order valence-electron chi connectivity index (χ0n) is 10.7. The Hall–Kier alpha value is -2.89. The second-order valence-electron chi connectivity index (χ2n) is 4.25. The van der Waals surface area contributed by atoms with Crippen LogP contribution in [0.3, 0.4) is 0 Å². The fourth-order valence-electron chi connectivity index (χ4n) is 2.01. The van der Waals surface area contributed by atoms with Crippen molar-refractivity contribution in [2.75, 3.05) is 12.4 Å². The maximum atomic E-state index is 11.0. The molecule has 2 heterocycles. The lowest BCUT2D eigenvalue weighted by Gasteiger charge is -2.07. The molecule has 0 aliphatic carbocycles. The van der Waals surface area contributed by atoms with Crippen LogP contribution in [0.2, 0.25) is 0 Å². The molecule has 0 spiro atoms. The Morgan fingerprint density at radius 1 is 1.25 bits per heavy atom. The van der Waals surface area contributed by atoms with E-state index in [2.05, 4.69) is 15.4 Å². The lowest BCUT2D eigenvalue weighted by molar-refractivity contribution is 0.0690. The summed E-state index contributed by atoms with van der Waals surface area (Å²) in [5, 5.41) is 16.0. The van der Waals surface area contributed by atoms with Gasteiger partial charge < -0.3 is 10.4 Å². The lowest BCUT2D eigenvalue weighted by Crippen LogP contribution is -2.03. The predicted octanol–water partition coefficient (Wildman–Crippen LogP) is 2.14. The summed E-state index contributed by atoms with van der Waals surface area (Å²) in [4.78, 5) is 15.5. The van der Waals surface area contributed by atoms with Crippen LogP contribution in [0.1, 0.15) is 10.5 Å². The van der Waals surface area contributed by atoms with Gasteiger partial charge in [-0.15, -0.1) is 0 Å². The van der Waals surface area contributed by atoms with Gasteiger partial charge in [0, 0.05) is 24.7 Å². The largest absolute Gasteiger partial charge is 0.476 e. The number of aromatic carboxylic acids is 1. The first-order valence-corrected chi connectivity index (χ1v) is 6.06. The number of carboxylic acids is 1. The van der Waals surface area contributed by atoms with Crippen molar-refractivity contribution in [3.05, 3.63) is 48.2 Å². The third-order valence-corrected chi connectivity index (χ3v) is 2.97. The van der Waals surface area contributed by atoms with Gasteiger partial charge in [0.25, 0.3) is 0 Å². The minimum absolute atomic E-state index is 0.0285. The molecule has 0 bridgehead atoms. The monoisotopic (exact) mass is 268 g/mol. The highest BCUT2D eigenvalue weighted by molar-refractivity contribution is 5.87. The molecule has 2 aromatic heterocycles. The average Bonchev–Trinajstić information content (AvgIpc) is 2.91. The minimum Gasteiger partial charge on any atom is -0.476 e. The zero-order chi connectivity index (χ0) is 14.1. The van der Waals surface area contributed by atoms with Crippen molar-refractivity contribution in [1.29, 1.82) is 0 Å². The quantitative estimate of drug-likeness (QED) is 0.760. The van der Waals surface area contributed by atoms with Crippen LogP contribution in [0.25, 0.3) is 16.9 Å². The minimum atomic E-state index is -1.07. The van der Waals surface area contributed by atoms with Crippen LogP contribution < -0.4 is 5.32 Å². The average molecular weight is 268 g/mol. The summed E-state index contributed by atoms with van der Waals surface area (Å²) in [5.41, 5.74) is 2.19. The Labute approximate surface area is 114 Å². The van der Waals surface area contributed by atoms with Gasteiger partial charge >= 0.3 is 5.97 Å². The standard InChI is InChI=1S/C14H12N4O2/c1-15-12-7-10(9-5-3-2-4-6-9)16-13-8-11(14(19)20)17-18(12)13/h2-8,15H,1H3,(H,19,20). The lowest BCUT2D eigenvalue weighted by atomic mass is 10.1. The number of anilines is 1. The Bertz CT molecular complexity index is 780. The molecule has 0 atom stereocenters. The maximum absolute atomic E-state index is 11.0. The molecule has 0 unspecified atom stereocenters.